The van der Waals surface area contributed by atoms with E-state index < -0.39 is 0 Å². The largest absolute Gasteiger partial charge is 0.378 e. The molecule has 0 aliphatic carbocycles. The predicted octanol–water partition coefficient (Wildman–Crippen LogP) is 4.26. The molecule has 1 amide bonds. The fraction of sp³-hybridized carbons (Fsp3) is 0.278. The summed E-state index contributed by atoms with van der Waals surface area (Å²) in [6, 6.07) is 10.4. The molecular formula is C18H18F2N2O. The van der Waals surface area contributed by atoms with Crippen LogP contribution in [0, 0.1) is 11.6 Å². The van der Waals surface area contributed by atoms with Crippen LogP contribution in [0.5, 0.6) is 0 Å². The van der Waals surface area contributed by atoms with Crippen LogP contribution in [0.3, 0.4) is 0 Å². The third kappa shape index (κ3) is 3.04. The van der Waals surface area contributed by atoms with E-state index in [2.05, 4.69) is 5.32 Å². The van der Waals surface area contributed by atoms with Gasteiger partial charge in [-0.25, -0.2) is 8.78 Å². The van der Waals surface area contributed by atoms with Gasteiger partial charge in [-0.05, 0) is 55.8 Å². The molecule has 0 saturated carbocycles. The Morgan fingerprint density at radius 3 is 2.43 bits per heavy atom. The SMILES string of the molecule is CC(=O)N1c2ccc(F)cc2[C@H](Nc2ccc(F)cc2)C[C@@H]1C. The lowest BCUT2D eigenvalue weighted by atomic mass is 9.91. The Morgan fingerprint density at radius 1 is 1.13 bits per heavy atom. The van der Waals surface area contributed by atoms with Crippen molar-refractivity contribution >= 4 is 17.3 Å². The summed E-state index contributed by atoms with van der Waals surface area (Å²) in [5, 5.41) is 3.31. The zero-order valence-corrected chi connectivity index (χ0v) is 13.0. The van der Waals surface area contributed by atoms with Gasteiger partial charge in [0.2, 0.25) is 5.91 Å². The van der Waals surface area contributed by atoms with Crippen molar-refractivity contribution in [3.63, 3.8) is 0 Å². The zero-order chi connectivity index (χ0) is 16.6. The predicted molar refractivity (Wildman–Crippen MR) is 86.4 cm³/mol. The molecule has 2 aromatic rings. The highest BCUT2D eigenvalue weighted by Crippen LogP contribution is 2.39. The normalized spacial score (nSPS) is 20.1. The van der Waals surface area contributed by atoms with Crippen molar-refractivity contribution in [3.8, 4) is 0 Å². The molecular weight excluding hydrogens is 298 g/mol. The van der Waals surface area contributed by atoms with Gasteiger partial charge in [0.05, 0.1) is 6.04 Å². The Bertz CT molecular complexity index is 730. The van der Waals surface area contributed by atoms with E-state index in [0.29, 0.717) is 6.42 Å². The number of fused-ring (bicyclic) bond motifs is 1. The molecule has 3 rings (SSSR count). The molecule has 120 valence electrons. The van der Waals surface area contributed by atoms with Gasteiger partial charge < -0.3 is 10.2 Å². The summed E-state index contributed by atoms with van der Waals surface area (Å²) in [7, 11) is 0. The molecule has 5 heteroatoms. The molecule has 0 aromatic heterocycles. The van der Waals surface area contributed by atoms with E-state index in [9.17, 15) is 13.6 Å². The monoisotopic (exact) mass is 316 g/mol. The van der Waals surface area contributed by atoms with Crippen LogP contribution in [0.4, 0.5) is 20.2 Å². The van der Waals surface area contributed by atoms with E-state index >= 15 is 0 Å². The van der Waals surface area contributed by atoms with E-state index in [4.69, 9.17) is 0 Å². The number of hydrogen-bond acceptors (Lipinski definition) is 2. The fourth-order valence-corrected chi connectivity index (χ4v) is 3.20. The number of nitrogens with one attached hydrogen (secondary N) is 1. The number of anilines is 2. The molecule has 0 unspecified atom stereocenters. The van der Waals surface area contributed by atoms with Crippen molar-refractivity contribution in [1.82, 2.24) is 0 Å². The van der Waals surface area contributed by atoms with Gasteiger partial charge in [0.15, 0.2) is 0 Å². The van der Waals surface area contributed by atoms with Gasteiger partial charge in [0.25, 0.3) is 0 Å². The maximum atomic E-state index is 13.7. The number of benzene rings is 2. The van der Waals surface area contributed by atoms with E-state index in [-0.39, 0.29) is 29.6 Å². The molecule has 2 aromatic carbocycles. The first-order valence-corrected chi connectivity index (χ1v) is 7.57. The number of carbonyl (C=O) groups excluding carboxylic acids is 1. The molecule has 23 heavy (non-hydrogen) atoms. The Hall–Kier alpha value is -2.43. The van der Waals surface area contributed by atoms with Gasteiger partial charge >= 0.3 is 0 Å². The van der Waals surface area contributed by atoms with Gasteiger partial charge in [0.1, 0.15) is 11.6 Å². The van der Waals surface area contributed by atoms with Crippen molar-refractivity contribution < 1.29 is 13.6 Å². The lowest BCUT2D eigenvalue weighted by molar-refractivity contribution is -0.117. The number of rotatable bonds is 2. The molecule has 2 atom stereocenters. The Kier molecular flexibility index (Phi) is 4.03. The van der Waals surface area contributed by atoms with Gasteiger partial charge in [-0.1, -0.05) is 0 Å². The minimum Gasteiger partial charge on any atom is -0.378 e. The smallest absolute Gasteiger partial charge is 0.224 e. The van der Waals surface area contributed by atoms with Gasteiger partial charge in [-0.3, -0.25) is 4.79 Å². The topological polar surface area (TPSA) is 32.3 Å². The molecule has 0 saturated heterocycles. The summed E-state index contributed by atoms with van der Waals surface area (Å²) in [6.45, 7) is 3.48. The Labute approximate surface area is 133 Å². The molecule has 1 aliphatic heterocycles. The molecule has 3 nitrogen and oxygen atoms in total. The highest BCUT2D eigenvalue weighted by molar-refractivity contribution is 5.93. The van der Waals surface area contributed by atoms with Crippen molar-refractivity contribution in [2.45, 2.75) is 32.4 Å². The maximum absolute atomic E-state index is 13.7. The fourth-order valence-electron chi connectivity index (χ4n) is 3.20. The number of halogens is 2. The second-order valence-corrected chi connectivity index (χ2v) is 5.88. The second-order valence-electron chi connectivity index (χ2n) is 5.88. The lowest BCUT2D eigenvalue weighted by Crippen LogP contribution is -2.43. The molecule has 1 N–H and O–H groups in total. The highest BCUT2D eigenvalue weighted by Gasteiger charge is 2.32. The van der Waals surface area contributed by atoms with Crippen LogP contribution >= 0.6 is 0 Å². The number of hydrogen-bond donors (Lipinski definition) is 1. The second kappa shape index (κ2) is 5.99. The standard InChI is InChI=1S/C18H18F2N2O/c1-11-9-17(21-15-6-3-13(19)4-7-15)16-10-14(20)5-8-18(16)22(11)12(2)23/h3-8,10-11,17,21H,9H2,1-2H3/t11-,17+/m0/s1. The van der Waals surface area contributed by atoms with Crippen molar-refractivity contribution in [1.29, 1.82) is 0 Å². The van der Waals surface area contributed by atoms with E-state index in [1.807, 2.05) is 6.92 Å². The Morgan fingerprint density at radius 2 is 1.78 bits per heavy atom. The van der Waals surface area contributed by atoms with Crippen LogP contribution in [-0.4, -0.2) is 11.9 Å². The van der Waals surface area contributed by atoms with Crippen LogP contribution in [0.15, 0.2) is 42.5 Å². The zero-order valence-electron chi connectivity index (χ0n) is 13.0. The summed E-state index contributed by atoms with van der Waals surface area (Å²) in [4.78, 5) is 13.6. The molecule has 0 radical (unpaired) electrons. The van der Waals surface area contributed by atoms with Crippen molar-refractivity contribution in [2.75, 3.05) is 10.2 Å². The summed E-state index contributed by atoms with van der Waals surface area (Å²) < 4.78 is 26.7. The maximum Gasteiger partial charge on any atom is 0.224 e. The van der Waals surface area contributed by atoms with Crippen LogP contribution in [0.2, 0.25) is 0 Å². The van der Waals surface area contributed by atoms with Gasteiger partial charge in [-0.2, -0.15) is 0 Å². The average Bonchev–Trinajstić information content (AvgIpc) is 2.49. The van der Waals surface area contributed by atoms with Crippen LogP contribution in [-0.2, 0) is 4.79 Å². The van der Waals surface area contributed by atoms with Crippen LogP contribution < -0.4 is 10.2 Å². The third-order valence-electron chi connectivity index (χ3n) is 4.17. The minimum absolute atomic E-state index is 0.0107. The lowest BCUT2D eigenvalue weighted by Gasteiger charge is -2.39. The quantitative estimate of drug-likeness (QED) is 0.897. The highest BCUT2D eigenvalue weighted by atomic mass is 19.1. The molecule has 0 bridgehead atoms. The first-order chi connectivity index (χ1) is 11.0. The van der Waals surface area contributed by atoms with E-state index in [0.717, 1.165) is 16.9 Å². The first kappa shape index (κ1) is 15.5. The minimum atomic E-state index is -0.340. The molecule has 1 aliphatic rings. The van der Waals surface area contributed by atoms with E-state index in [1.165, 1.54) is 31.2 Å². The third-order valence-corrected chi connectivity index (χ3v) is 4.17. The molecule has 1 heterocycles. The summed E-state index contributed by atoms with van der Waals surface area (Å²) in [5.74, 6) is -0.708. The first-order valence-electron chi connectivity index (χ1n) is 7.57. The van der Waals surface area contributed by atoms with Crippen LogP contribution in [0.1, 0.15) is 31.9 Å². The van der Waals surface area contributed by atoms with Gasteiger partial charge in [0, 0.05) is 29.9 Å². The molecule has 0 fully saturated rings. The molecule has 0 spiro atoms. The number of amides is 1. The van der Waals surface area contributed by atoms with Crippen LogP contribution in [0.25, 0.3) is 0 Å². The average molecular weight is 316 g/mol. The van der Waals surface area contributed by atoms with Crippen molar-refractivity contribution in [2.24, 2.45) is 0 Å². The summed E-state index contributed by atoms with van der Waals surface area (Å²) in [6.07, 6.45) is 0.646. The number of carbonyl (C=O) groups is 1. The Balaban J connectivity index is 1.98. The summed E-state index contributed by atoms with van der Waals surface area (Å²) in [5.41, 5.74) is 2.22. The van der Waals surface area contributed by atoms with Gasteiger partial charge in [-0.15, -0.1) is 0 Å². The number of nitrogens with zero attached hydrogens (tertiary/aromatic N) is 1. The summed E-state index contributed by atoms with van der Waals surface area (Å²) >= 11 is 0. The van der Waals surface area contributed by atoms with Crippen molar-refractivity contribution in [3.05, 3.63) is 59.7 Å². The van der Waals surface area contributed by atoms with E-state index in [1.54, 1.807) is 23.1 Å².